The summed E-state index contributed by atoms with van der Waals surface area (Å²) in [6.07, 6.45) is 1.04. The number of hydrogen-bond acceptors (Lipinski definition) is 4. The smallest absolute Gasteiger partial charge is 0.333 e. The van der Waals surface area contributed by atoms with Gasteiger partial charge in [0, 0.05) is 13.6 Å². The quantitative estimate of drug-likeness (QED) is 0.616. The molecule has 0 aliphatic carbocycles. The largest absolute Gasteiger partial charge is 0.364 e. The first kappa shape index (κ1) is 12.5. The molecule has 0 saturated heterocycles. The Morgan fingerprint density at radius 1 is 1.62 bits per heavy atom. The highest BCUT2D eigenvalue weighted by Gasteiger charge is 2.23. The summed E-state index contributed by atoms with van der Waals surface area (Å²) in [5.74, 6) is 0.970. The van der Waals surface area contributed by atoms with E-state index < -0.39 is 0 Å². The van der Waals surface area contributed by atoms with Crippen LogP contribution in [0, 0.1) is 23.0 Å². The van der Waals surface area contributed by atoms with Crippen LogP contribution >= 0.6 is 0 Å². The average Bonchev–Trinajstić information content (AvgIpc) is 2.49. The Bertz CT molecular complexity index is 386. The van der Waals surface area contributed by atoms with Crippen molar-refractivity contribution in [3.05, 3.63) is 15.8 Å². The van der Waals surface area contributed by atoms with Crippen LogP contribution in [-0.4, -0.2) is 21.2 Å². The number of rotatable bonds is 5. The van der Waals surface area contributed by atoms with Gasteiger partial charge in [0.2, 0.25) is 5.82 Å². The fraction of sp³-hybridized carbons (Fsp3) is 0.700. The molecule has 0 aromatic carbocycles. The Kier molecular flexibility index (Phi) is 3.87. The van der Waals surface area contributed by atoms with Crippen LogP contribution in [0.1, 0.15) is 26.0 Å². The van der Waals surface area contributed by atoms with E-state index in [0.29, 0.717) is 17.4 Å². The third-order valence-electron chi connectivity index (χ3n) is 2.69. The summed E-state index contributed by atoms with van der Waals surface area (Å²) in [6.45, 7) is 6.56. The van der Waals surface area contributed by atoms with E-state index in [1.165, 1.54) is 4.68 Å². The normalized spacial score (nSPS) is 12.5. The van der Waals surface area contributed by atoms with Crippen LogP contribution in [0.3, 0.4) is 0 Å². The number of nitro groups is 1. The van der Waals surface area contributed by atoms with Crippen molar-refractivity contribution in [3.63, 3.8) is 0 Å². The number of hydrogen-bond donors (Lipinski definition) is 1. The summed E-state index contributed by atoms with van der Waals surface area (Å²) in [5, 5.41) is 18.0. The lowest BCUT2D eigenvalue weighted by Crippen LogP contribution is -2.13. The maximum Gasteiger partial charge on any atom is 0.333 e. The highest BCUT2D eigenvalue weighted by atomic mass is 16.6. The minimum atomic E-state index is -0.388. The lowest BCUT2D eigenvalue weighted by atomic mass is 10.1. The van der Waals surface area contributed by atoms with Gasteiger partial charge in [-0.25, -0.2) is 4.68 Å². The van der Waals surface area contributed by atoms with Gasteiger partial charge in [0.15, 0.2) is 0 Å². The Labute approximate surface area is 94.8 Å². The molecule has 90 valence electrons. The van der Waals surface area contributed by atoms with Crippen LogP contribution in [0.15, 0.2) is 0 Å². The molecule has 0 fully saturated rings. The zero-order valence-corrected chi connectivity index (χ0v) is 10.1. The molecule has 0 aliphatic rings. The molecule has 1 heterocycles. The highest BCUT2D eigenvalue weighted by Crippen LogP contribution is 2.27. The predicted molar refractivity (Wildman–Crippen MR) is 62.5 cm³/mol. The van der Waals surface area contributed by atoms with Gasteiger partial charge in [0.1, 0.15) is 5.69 Å². The lowest BCUT2D eigenvalue weighted by Gasteiger charge is -2.10. The van der Waals surface area contributed by atoms with Gasteiger partial charge in [0.05, 0.1) is 4.92 Å². The van der Waals surface area contributed by atoms with Crippen molar-refractivity contribution < 1.29 is 4.92 Å². The molecule has 0 spiro atoms. The van der Waals surface area contributed by atoms with Gasteiger partial charge >= 0.3 is 5.69 Å². The summed E-state index contributed by atoms with van der Waals surface area (Å²) in [7, 11) is 1.71. The number of nitrogens with one attached hydrogen (secondary N) is 1. The Balaban J connectivity index is 2.90. The number of nitrogens with zero attached hydrogens (tertiary/aromatic N) is 3. The van der Waals surface area contributed by atoms with Crippen molar-refractivity contribution >= 4 is 11.5 Å². The van der Waals surface area contributed by atoms with Gasteiger partial charge in [0.25, 0.3) is 0 Å². The Morgan fingerprint density at radius 3 is 2.75 bits per heavy atom. The van der Waals surface area contributed by atoms with Crippen LogP contribution < -0.4 is 5.32 Å². The van der Waals surface area contributed by atoms with E-state index in [-0.39, 0.29) is 10.6 Å². The van der Waals surface area contributed by atoms with Gasteiger partial charge in [-0.15, -0.1) is 0 Å². The third kappa shape index (κ3) is 2.50. The average molecular weight is 226 g/mol. The van der Waals surface area contributed by atoms with Crippen molar-refractivity contribution in [3.8, 4) is 0 Å². The zero-order valence-electron chi connectivity index (χ0n) is 10.1. The molecule has 1 aromatic heterocycles. The molecule has 1 aromatic rings. The molecule has 6 nitrogen and oxygen atoms in total. The fourth-order valence-electron chi connectivity index (χ4n) is 1.48. The molecule has 6 heteroatoms. The first-order valence-corrected chi connectivity index (χ1v) is 5.39. The molecule has 0 bridgehead atoms. The summed E-state index contributed by atoms with van der Waals surface area (Å²) in [6, 6.07) is 0. The van der Waals surface area contributed by atoms with Crippen molar-refractivity contribution in [1.29, 1.82) is 0 Å². The molecule has 1 rings (SSSR count). The minimum Gasteiger partial charge on any atom is -0.364 e. The molecule has 0 amide bonds. The molecule has 1 N–H and O–H groups in total. The van der Waals surface area contributed by atoms with E-state index in [2.05, 4.69) is 24.3 Å². The summed E-state index contributed by atoms with van der Waals surface area (Å²) in [4.78, 5) is 10.5. The summed E-state index contributed by atoms with van der Waals surface area (Å²) < 4.78 is 1.52. The van der Waals surface area contributed by atoms with Crippen LogP contribution in [0.2, 0.25) is 0 Å². The molecule has 16 heavy (non-hydrogen) atoms. The zero-order chi connectivity index (χ0) is 12.3. The predicted octanol–water partition coefficient (Wildman–Crippen LogP) is 2.09. The van der Waals surface area contributed by atoms with Crippen molar-refractivity contribution in [2.75, 3.05) is 11.9 Å². The Hall–Kier alpha value is -1.59. The second-order valence-corrected chi connectivity index (χ2v) is 4.06. The first-order chi connectivity index (χ1) is 7.47. The molecule has 1 atom stereocenters. The van der Waals surface area contributed by atoms with Gasteiger partial charge in [-0.05, 0) is 12.8 Å². The molecule has 0 saturated carbocycles. The van der Waals surface area contributed by atoms with Crippen molar-refractivity contribution in [1.82, 2.24) is 9.78 Å². The molecule has 0 aliphatic heterocycles. The second kappa shape index (κ2) is 4.96. The number of aryl methyl sites for hydroxylation is 2. The van der Waals surface area contributed by atoms with Gasteiger partial charge in [-0.2, -0.15) is 5.10 Å². The number of anilines is 1. The monoisotopic (exact) mass is 226 g/mol. The first-order valence-electron chi connectivity index (χ1n) is 5.39. The van der Waals surface area contributed by atoms with Crippen molar-refractivity contribution in [2.45, 2.75) is 27.2 Å². The standard InChI is InChI=1S/C10H18N4O2/c1-5-7(2)6-11-10-9(14(15)16)8(3)12-13(10)4/h7,11H,5-6H2,1-4H3. The second-order valence-electron chi connectivity index (χ2n) is 4.06. The highest BCUT2D eigenvalue weighted by molar-refractivity contribution is 5.59. The lowest BCUT2D eigenvalue weighted by molar-refractivity contribution is -0.384. The van der Waals surface area contributed by atoms with Gasteiger partial charge in [-0.3, -0.25) is 10.1 Å². The van der Waals surface area contributed by atoms with E-state index in [0.717, 1.165) is 13.0 Å². The number of aromatic nitrogens is 2. The topological polar surface area (TPSA) is 73.0 Å². The van der Waals surface area contributed by atoms with E-state index >= 15 is 0 Å². The maximum absolute atomic E-state index is 10.9. The molecule has 0 radical (unpaired) electrons. The van der Waals surface area contributed by atoms with Crippen LogP contribution in [0.5, 0.6) is 0 Å². The van der Waals surface area contributed by atoms with Crippen molar-refractivity contribution in [2.24, 2.45) is 13.0 Å². The molecular weight excluding hydrogens is 208 g/mol. The molecular formula is C10H18N4O2. The van der Waals surface area contributed by atoms with E-state index in [1.54, 1.807) is 14.0 Å². The SMILES string of the molecule is CCC(C)CNc1c([N+](=O)[O-])c(C)nn1C. The maximum atomic E-state index is 10.9. The van der Waals surface area contributed by atoms with E-state index in [4.69, 9.17) is 0 Å². The van der Waals surface area contributed by atoms with Crippen LogP contribution in [-0.2, 0) is 7.05 Å². The summed E-state index contributed by atoms with van der Waals surface area (Å²) >= 11 is 0. The van der Waals surface area contributed by atoms with E-state index in [1.807, 2.05) is 0 Å². The fourth-order valence-corrected chi connectivity index (χ4v) is 1.48. The third-order valence-corrected chi connectivity index (χ3v) is 2.69. The Morgan fingerprint density at radius 2 is 2.25 bits per heavy atom. The minimum absolute atomic E-state index is 0.0748. The summed E-state index contributed by atoms with van der Waals surface area (Å²) in [5.41, 5.74) is 0.518. The van der Waals surface area contributed by atoms with E-state index in [9.17, 15) is 10.1 Å². The van der Waals surface area contributed by atoms with Crippen LogP contribution in [0.4, 0.5) is 11.5 Å². The van der Waals surface area contributed by atoms with Gasteiger partial charge < -0.3 is 5.32 Å². The van der Waals surface area contributed by atoms with Gasteiger partial charge in [-0.1, -0.05) is 20.3 Å². The van der Waals surface area contributed by atoms with Crippen LogP contribution in [0.25, 0.3) is 0 Å². The molecule has 1 unspecified atom stereocenters.